The smallest absolute Gasteiger partial charge is 0.324 e. The van der Waals surface area contributed by atoms with Gasteiger partial charge in [-0.2, -0.15) is 0 Å². The van der Waals surface area contributed by atoms with E-state index in [9.17, 15) is 19.2 Å². The summed E-state index contributed by atoms with van der Waals surface area (Å²) in [6.07, 6.45) is 0. The minimum atomic E-state index is -1.30. The van der Waals surface area contributed by atoms with E-state index >= 15 is 0 Å². The largest absolute Gasteiger partial charge is 0.325 e. The summed E-state index contributed by atoms with van der Waals surface area (Å²) in [5.74, 6) is -1.28. The van der Waals surface area contributed by atoms with Crippen molar-refractivity contribution in [2.24, 2.45) is 0 Å². The molecule has 156 valence electrons. The van der Waals surface area contributed by atoms with Crippen molar-refractivity contribution in [2.45, 2.75) is 19.4 Å². The molecule has 7 nitrogen and oxygen atoms in total. The highest BCUT2D eigenvalue weighted by molar-refractivity contribution is 6.12. The number of Topliss-reactive ketones (excluding diaryl/α,β-unsaturated/α-hetero) is 1. The summed E-state index contributed by atoms with van der Waals surface area (Å²) in [6, 6.07) is 19.1. The van der Waals surface area contributed by atoms with Crippen molar-refractivity contribution < 1.29 is 19.2 Å². The quantitative estimate of drug-likeness (QED) is 0.493. The molecule has 1 aliphatic heterocycles. The number of nitrogens with zero attached hydrogens (tertiary/aromatic N) is 1. The fourth-order valence-corrected chi connectivity index (χ4v) is 3.92. The lowest BCUT2D eigenvalue weighted by Gasteiger charge is -2.24. The molecule has 0 unspecified atom stereocenters. The standard InChI is InChI=1S/C24H21N3O4/c1-15(28)17-10-5-6-13-20(17)25-21(29)14-27-22(30)24(2,26-23(27)31)19-12-7-9-16-8-3-4-11-18(16)19/h3-13H,14H2,1-2H3,(H,25,29)(H,26,31)/t24-/m0/s1. The van der Waals surface area contributed by atoms with Crippen LogP contribution in [0.4, 0.5) is 10.5 Å². The number of fused-ring (bicyclic) bond motifs is 1. The van der Waals surface area contributed by atoms with Crippen LogP contribution >= 0.6 is 0 Å². The van der Waals surface area contributed by atoms with Gasteiger partial charge in [0, 0.05) is 5.56 Å². The van der Waals surface area contributed by atoms with Crippen molar-refractivity contribution in [3.63, 3.8) is 0 Å². The predicted octanol–water partition coefficient (Wildman–Crippen LogP) is 3.45. The Hall–Kier alpha value is -4.00. The first-order valence-electron chi connectivity index (χ1n) is 9.83. The van der Waals surface area contributed by atoms with Gasteiger partial charge in [0.05, 0.1) is 5.69 Å². The number of hydrogen-bond acceptors (Lipinski definition) is 4. The Balaban J connectivity index is 1.59. The van der Waals surface area contributed by atoms with E-state index in [-0.39, 0.29) is 5.78 Å². The van der Waals surface area contributed by atoms with Crippen LogP contribution in [-0.4, -0.2) is 35.1 Å². The van der Waals surface area contributed by atoms with Crippen molar-refractivity contribution >= 4 is 40.1 Å². The zero-order chi connectivity index (χ0) is 22.2. The first-order chi connectivity index (χ1) is 14.8. The average Bonchev–Trinajstić information content (AvgIpc) is 2.97. The molecular formula is C24H21N3O4. The molecule has 3 aromatic carbocycles. The number of nitrogens with one attached hydrogen (secondary N) is 2. The van der Waals surface area contributed by atoms with Crippen LogP contribution in [0.15, 0.2) is 66.7 Å². The first-order valence-corrected chi connectivity index (χ1v) is 9.83. The van der Waals surface area contributed by atoms with E-state index in [0.29, 0.717) is 16.8 Å². The van der Waals surface area contributed by atoms with Gasteiger partial charge in [-0.3, -0.25) is 19.3 Å². The van der Waals surface area contributed by atoms with Crippen molar-refractivity contribution in [1.82, 2.24) is 10.2 Å². The van der Waals surface area contributed by atoms with Crippen LogP contribution in [0.5, 0.6) is 0 Å². The summed E-state index contributed by atoms with van der Waals surface area (Å²) >= 11 is 0. The van der Waals surface area contributed by atoms with Gasteiger partial charge in [0.2, 0.25) is 5.91 Å². The number of amides is 4. The van der Waals surface area contributed by atoms with E-state index in [0.717, 1.165) is 15.7 Å². The molecule has 4 amide bonds. The SMILES string of the molecule is CC(=O)c1ccccc1NC(=O)CN1C(=O)N[C@@](C)(c2cccc3ccccc23)C1=O. The summed E-state index contributed by atoms with van der Waals surface area (Å²) in [5, 5.41) is 7.16. The number of carbonyl (C=O) groups is 4. The van der Waals surface area contributed by atoms with Gasteiger partial charge in [0.15, 0.2) is 5.78 Å². The Bertz CT molecular complexity index is 1230. The molecule has 1 heterocycles. The molecule has 0 saturated carbocycles. The minimum absolute atomic E-state index is 0.200. The third kappa shape index (κ3) is 3.54. The average molecular weight is 415 g/mol. The maximum absolute atomic E-state index is 13.3. The number of hydrogen-bond donors (Lipinski definition) is 2. The van der Waals surface area contributed by atoms with E-state index in [2.05, 4.69) is 10.6 Å². The Kier molecular flexibility index (Phi) is 5.02. The molecule has 1 atom stereocenters. The molecule has 0 aromatic heterocycles. The number of benzene rings is 3. The topological polar surface area (TPSA) is 95.6 Å². The van der Waals surface area contributed by atoms with Gasteiger partial charge in [0.1, 0.15) is 12.1 Å². The van der Waals surface area contributed by atoms with Crippen LogP contribution in [0.3, 0.4) is 0 Å². The third-order valence-electron chi connectivity index (χ3n) is 5.49. The molecule has 2 N–H and O–H groups in total. The molecule has 0 bridgehead atoms. The number of rotatable bonds is 5. The highest BCUT2D eigenvalue weighted by Gasteiger charge is 2.50. The number of imide groups is 1. The van der Waals surface area contributed by atoms with E-state index < -0.39 is 29.9 Å². The van der Waals surface area contributed by atoms with Crippen LogP contribution in [0, 0.1) is 0 Å². The molecule has 1 saturated heterocycles. The molecule has 0 spiro atoms. The van der Waals surface area contributed by atoms with E-state index in [4.69, 9.17) is 0 Å². The van der Waals surface area contributed by atoms with E-state index in [1.165, 1.54) is 6.92 Å². The van der Waals surface area contributed by atoms with Crippen molar-refractivity contribution in [3.05, 3.63) is 77.9 Å². The lowest BCUT2D eigenvalue weighted by atomic mass is 9.88. The maximum Gasteiger partial charge on any atom is 0.325 e. The van der Waals surface area contributed by atoms with Crippen LogP contribution in [0.1, 0.15) is 29.8 Å². The van der Waals surface area contributed by atoms with Gasteiger partial charge in [-0.05, 0) is 42.3 Å². The summed E-state index contributed by atoms with van der Waals surface area (Å²) in [7, 11) is 0. The molecule has 3 aromatic rings. The fourth-order valence-electron chi connectivity index (χ4n) is 3.92. The van der Waals surface area contributed by atoms with Gasteiger partial charge < -0.3 is 10.6 Å². The minimum Gasteiger partial charge on any atom is -0.324 e. The van der Waals surface area contributed by atoms with Crippen LogP contribution in [0.2, 0.25) is 0 Å². The second kappa shape index (κ2) is 7.68. The number of ketones is 1. The van der Waals surface area contributed by atoms with Crippen LogP contribution in [-0.2, 0) is 15.1 Å². The number of anilines is 1. The first kappa shape index (κ1) is 20.3. The Morgan fingerprint density at radius 2 is 1.65 bits per heavy atom. The molecule has 0 aliphatic carbocycles. The fraction of sp³-hybridized carbons (Fsp3) is 0.167. The highest BCUT2D eigenvalue weighted by Crippen LogP contribution is 2.33. The zero-order valence-corrected chi connectivity index (χ0v) is 17.1. The monoisotopic (exact) mass is 415 g/mol. The Morgan fingerprint density at radius 3 is 2.42 bits per heavy atom. The second-order valence-corrected chi connectivity index (χ2v) is 7.62. The molecule has 31 heavy (non-hydrogen) atoms. The van der Waals surface area contributed by atoms with Gasteiger partial charge >= 0.3 is 6.03 Å². The highest BCUT2D eigenvalue weighted by atomic mass is 16.2. The van der Waals surface area contributed by atoms with Gasteiger partial charge in [0.25, 0.3) is 5.91 Å². The summed E-state index contributed by atoms with van der Waals surface area (Å²) < 4.78 is 0. The van der Waals surface area contributed by atoms with Gasteiger partial charge in [-0.15, -0.1) is 0 Å². The summed E-state index contributed by atoms with van der Waals surface area (Å²) in [4.78, 5) is 51.1. The second-order valence-electron chi connectivity index (χ2n) is 7.62. The number of para-hydroxylation sites is 1. The summed E-state index contributed by atoms with van der Waals surface area (Å²) in [5.41, 5.74) is 0.0569. The maximum atomic E-state index is 13.3. The van der Waals surface area contributed by atoms with Crippen LogP contribution < -0.4 is 10.6 Å². The predicted molar refractivity (Wildman–Crippen MR) is 117 cm³/mol. The Labute approximate surface area is 179 Å². The lowest BCUT2D eigenvalue weighted by Crippen LogP contribution is -2.42. The van der Waals surface area contributed by atoms with Crippen molar-refractivity contribution in [3.8, 4) is 0 Å². The number of carbonyl (C=O) groups excluding carboxylic acids is 4. The Morgan fingerprint density at radius 1 is 0.968 bits per heavy atom. The molecule has 1 fully saturated rings. The molecular weight excluding hydrogens is 394 g/mol. The molecule has 0 radical (unpaired) electrons. The lowest BCUT2D eigenvalue weighted by molar-refractivity contribution is -0.133. The summed E-state index contributed by atoms with van der Waals surface area (Å²) in [6.45, 7) is 2.58. The normalized spacial score (nSPS) is 18.2. The van der Waals surface area contributed by atoms with Gasteiger partial charge in [-0.1, -0.05) is 54.6 Å². The van der Waals surface area contributed by atoms with Crippen LogP contribution in [0.25, 0.3) is 10.8 Å². The van der Waals surface area contributed by atoms with Crippen molar-refractivity contribution in [1.29, 1.82) is 0 Å². The zero-order valence-electron chi connectivity index (χ0n) is 17.1. The van der Waals surface area contributed by atoms with E-state index in [1.807, 2.05) is 36.4 Å². The number of urea groups is 1. The van der Waals surface area contributed by atoms with Crippen molar-refractivity contribution in [2.75, 3.05) is 11.9 Å². The van der Waals surface area contributed by atoms with Gasteiger partial charge in [-0.25, -0.2) is 4.79 Å². The molecule has 4 rings (SSSR count). The third-order valence-corrected chi connectivity index (χ3v) is 5.49. The van der Waals surface area contributed by atoms with E-state index in [1.54, 1.807) is 37.3 Å². The molecule has 7 heteroatoms. The molecule has 1 aliphatic rings.